The molecule has 2 aromatic rings. The lowest BCUT2D eigenvalue weighted by Crippen LogP contribution is -2.09. The Morgan fingerprint density at radius 3 is 2.59 bits per heavy atom. The zero-order chi connectivity index (χ0) is 12.1. The van der Waals surface area contributed by atoms with Gasteiger partial charge in [0, 0.05) is 12.0 Å². The molecule has 0 radical (unpaired) electrons. The molecule has 1 heterocycles. The first-order valence-corrected chi connectivity index (χ1v) is 6.64. The van der Waals surface area contributed by atoms with Gasteiger partial charge in [0.05, 0.1) is 6.61 Å². The number of hydrogen-bond acceptors (Lipinski definition) is 3. The van der Waals surface area contributed by atoms with Crippen LogP contribution in [0.15, 0.2) is 41.1 Å². The van der Waals surface area contributed by atoms with Crippen LogP contribution in [0.3, 0.4) is 0 Å². The van der Waals surface area contributed by atoms with E-state index in [1.165, 1.54) is 5.56 Å². The van der Waals surface area contributed by atoms with Gasteiger partial charge in [-0.05, 0) is 46.7 Å². The summed E-state index contributed by atoms with van der Waals surface area (Å²) < 4.78 is 5.63. The van der Waals surface area contributed by atoms with E-state index >= 15 is 0 Å². The molecular formula is C13H13NOS2. The van der Waals surface area contributed by atoms with Crippen LogP contribution in [0.5, 0.6) is 5.75 Å². The normalized spacial score (nSPS) is 10.1. The molecule has 0 saturated heterocycles. The third-order valence-electron chi connectivity index (χ3n) is 2.38. The van der Waals surface area contributed by atoms with Crippen molar-refractivity contribution in [2.24, 2.45) is 5.73 Å². The van der Waals surface area contributed by atoms with E-state index in [-0.39, 0.29) is 0 Å². The number of hydrogen-bond donors (Lipinski definition) is 1. The van der Waals surface area contributed by atoms with Gasteiger partial charge in [0.15, 0.2) is 0 Å². The molecule has 0 bridgehead atoms. The van der Waals surface area contributed by atoms with Crippen molar-refractivity contribution in [2.45, 2.75) is 6.42 Å². The highest BCUT2D eigenvalue weighted by Gasteiger charge is 1.98. The minimum absolute atomic E-state index is 0.412. The lowest BCUT2D eigenvalue weighted by atomic mass is 10.2. The average molecular weight is 263 g/mol. The van der Waals surface area contributed by atoms with Crippen molar-refractivity contribution >= 4 is 28.5 Å². The summed E-state index contributed by atoms with van der Waals surface area (Å²) in [5, 5.41) is 4.21. The van der Waals surface area contributed by atoms with Gasteiger partial charge in [-0.1, -0.05) is 12.2 Å². The van der Waals surface area contributed by atoms with Crippen molar-refractivity contribution in [2.75, 3.05) is 6.61 Å². The average Bonchev–Trinajstić information content (AvgIpc) is 2.83. The highest BCUT2D eigenvalue weighted by atomic mass is 32.1. The first-order chi connectivity index (χ1) is 8.25. The Hall–Kier alpha value is -1.39. The van der Waals surface area contributed by atoms with E-state index < -0.39 is 0 Å². The van der Waals surface area contributed by atoms with Crippen molar-refractivity contribution in [1.82, 2.24) is 0 Å². The number of nitrogens with two attached hydrogens (primary N) is 1. The van der Waals surface area contributed by atoms with Crippen LogP contribution in [0.25, 0.3) is 0 Å². The molecule has 4 heteroatoms. The molecule has 0 aliphatic carbocycles. The van der Waals surface area contributed by atoms with Crippen LogP contribution in [-0.4, -0.2) is 11.6 Å². The zero-order valence-electron chi connectivity index (χ0n) is 9.26. The second-order valence-corrected chi connectivity index (χ2v) is 4.84. The van der Waals surface area contributed by atoms with Gasteiger partial charge in [0.2, 0.25) is 0 Å². The van der Waals surface area contributed by atoms with Gasteiger partial charge in [-0.2, -0.15) is 11.3 Å². The summed E-state index contributed by atoms with van der Waals surface area (Å²) in [5.74, 6) is 0.847. The molecule has 17 heavy (non-hydrogen) atoms. The Bertz CT molecular complexity index is 477. The molecule has 0 unspecified atom stereocenters. The summed E-state index contributed by atoms with van der Waals surface area (Å²) in [7, 11) is 0. The Labute approximate surface area is 110 Å². The summed E-state index contributed by atoms with van der Waals surface area (Å²) in [6.07, 6.45) is 0.931. The third kappa shape index (κ3) is 3.54. The van der Waals surface area contributed by atoms with Gasteiger partial charge in [-0.15, -0.1) is 0 Å². The van der Waals surface area contributed by atoms with Crippen LogP contribution in [-0.2, 0) is 6.42 Å². The SMILES string of the molecule is NC(=S)c1ccc(OCCc2ccsc2)cc1. The van der Waals surface area contributed by atoms with Crippen molar-refractivity contribution in [3.8, 4) is 5.75 Å². The number of thiocarbonyl (C=S) groups is 1. The molecule has 0 saturated carbocycles. The largest absolute Gasteiger partial charge is 0.493 e. The number of ether oxygens (including phenoxy) is 1. The molecule has 0 aliphatic rings. The Kier molecular flexibility index (Phi) is 4.12. The fourth-order valence-corrected chi connectivity index (χ4v) is 2.28. The molecule has 1 aromatic carbocycles. The topological polar surface area (TPSA) is 35.2 Å². The molecule has 0 aliphatic heterocycles. The van der Waals surface area contributed by atoms with Crippen molar-refractivity contribution in [3.63, 3.8) is 0 Å². The molecule has 0 fully saturated rings. The van der Waals surface area contributed by atoms with Crippen LogP contribution < -0.4 is 10.5 Å². The second-order valence-electron chi connectivity index (χ2n) is 3.62. The molecule has 2 N–H and O–H groups in total. The van der Waals surface area contributed by atoms with E-state index in [1.54, 1.807) is 11.3 Å². The van der Waals surface area contributed by atoms with E-state index in [2.05, 4.69) is 16.8 Å². The summed E-state index contributed by atoms with van der Waals surface area (Å²) in [5.41, 5.74) is 7.70. The molecular weight excluding hydrogens is 250 g/mol. The van der Waals surface area contributed by atoms with E-state index in [0.717, 1.165) is 17.7 Å². The molecule has 88 valence electrons. The van der Waals surface area contributed by atoms with Crippen LogP contribution >= 0.6 is 23.6 Å². The summed E-state index contributed by atoms with van der Waals surface area (Å²) in [6.45, 7) is 0.684. The van der Waals surface area contributed by atoms with Crippen LogP contribution in [0, 0.1) is 0 Å². The van der Waals surface area contributed by atoms with Crippen LogP contribution in [0.1, 0.15) is 11.1 Å². The first-order valence-electron chi connectivity index (χ1n) is 5.29. The van der Waals surface area contributed by atoms with E-state index in [9.17, 15) is 0 Å². The van der Waals surface area contributed by atoms with E-state index in [1.807, 2.05) is 24.3 Å². The molecule has 1 aromatic heterocycles. The maximum Gasteiger partial charge on any atom is 0.119 e. The fraction of sp³-hybridized carbons (Fsp3) is 0.154. The quantitative estimate of drug-likeness (QED) is 0.842. The maximum absolute atomic E-state index is 5.63. The van der Waals surface area contributed by atoms with Gasteiger partial charge in [-0.25, -0.2) is 0 Å². The highest BCUT2D eigenvalue weighted by molar-refractivity contribution is 7.80. The van der Waals surface area contributed by atoms with Crippen LogP contribution in [0.4, 0.5) is 0 Å². The van der Waals surface area contributed by atoms with Crippen molar-refractivity contribution < 1.29 is 4.74 Å². The van der Waals surface area contributed by atoms with E-state index in [0.29, 0.717) is 11.6 Å². The molecule has 2 nitrogen and oxygen atoms in total. The minimum Gasteiger partial charge on any atom is -0.493 e. The summed E-state index contributed by atoms with van der Waals surface area (Å²) in [4.78, 5) is 0.412. The second kappa shape index (κ2) is 5.80. The Morgan fingerprint density at radius 1 is 1.24 bits per heavy atom. The van der Waals surface area contributed by atoms with Gasteiger partial charge >= 0.3 is 0 Å². The fourth-order valence-electron chi connectivity index (χ4n) is 1.44. The zero-order valence-corrected chi connectivity index (χ0v) is 10.9. The van der Waals surface area contributed by atoms with Crippen molar-refractivity contribution in [1.29, 1.82) is 0 Å². The molecule has 0 amide bonds. The number of benzene rings is 1. The van der Waals surface area contributed by atoms with Gasteiger partial charge in [-0.3, -0.25) is 0 Å². The standard InChI is InChI=1S/C13H13NOS2/c14-13(16)11-1-3-12(4-2-11)15-7-5-10-6-8-17-9-10/h1-4,6,8-9H,5,7H2,(H2,14,16). The van der Waals surface area contributed by atoms with Crippen LogP contribution in [0.2, 0.25) is 0 Å². The minimum atomic E-state index is 0.412. The third-order valence-corrected chi connectivity index (χ3v) is 3.35. The summed E-state index contributed by atoms with van der Waals surface area (Å²) in [6, 6.07) is 9.65. The lowest BCUT2D eigenvalue weighted by Gasteiger charge is -2.06. The first kappa shape index (κ1) is 12.1. The molecule has 0 atom stereocenters. The Morgan fingerprint density at radius 2 is 2.00 bits per heavy atom. The van der Waals surface area contributed by atoms with Gasteiger partial charge in [0.1, 0.15) is 10.7 Å². The summed E-state index contributed by atoms with van der Waals surface area (Å²) >= 11 is 6.59. The predicted octanol–water partition coefficient (Wildman–Crippen LogP) is 3.00. The van der Waals surface area contributed by atoms with Gasteiger partial charge in [0.25, 0.3) is 0 Å². The highest BCUT2D eigenvalue weighted by Crippen LogP contribution is 2.13. The molecule has 2 rings (SSSR count). The predicted molar refractivity (Wildman–Crippen MR) is 75.8 cm³/mol. The van der Waals surface area contributed by atoms with Crippen molar-refractivity contribution in [3.05, 3.63) is 52.2 Å². The molecule has 0 spiro atoms. The smallest absolute Gasteiger partial charge is 0.119 e. The number of rotatable bonds is 5. The lowest BCUT2D eigenvalue weighted by molar-refractivity contribution is 0.322. The Balaban J connectivity index is 1.85. The maximum atomic E-state index is 5.63. The number of thiophene rings is 1. The van der Waals surface area contributed by atoms with E-state index in [4.69, 9.17) is 22.7 Å². The monoisotopic (exact) mass is 263 g/mol. The van der Waals surface area contributed by atoms with Gasteiger partial charge < -0.3 is 10.5 Å².